The van der Waals surface area contributed by atoms with Crippen LogP contribution in [0, 0.1) is 5.92 Å². The molecule has 35 heavy (non-hydrogen) atoms. The zero-order valence-corrected chi connectivity index (χ0v) is 20.0. The molecule has 1 saturated carbocycles. The van der Waals surface area contributed by atoms with Gasteiger partial charge in [0.05, 0.1) is 11.8 Å². The molecule has 1 atom stereocenters. The van der Waals surface area contributed by atoms with E-state index in [1.165, 1.54) is 12.6 Å². The first kappa shape index (κ1) is 24.3. The summed E-state index contributed by atoms with van der Waals surface area (Å²) >= 11 is 0. The first-order valence-electron chi connectivity index (χ1n) is 11.9. The smallest absolute Gasteiger partial charge is 0.287 e. The van der Waals surface area contributed by atoms with Crippen molar-refractivity contribution in [3.8, 4) is 11.3 Å². The van der Waals surface area contributed by atoms with Crippen LogP contribution >= 0.6 is 0 Å². The van der Waals surface area contributed by atoms with Gasteiger partial charge in [-0.3, -0.25) is 19.1 Å². The van der Waals surface area contributed by atoms with Crippen LogP contribution in [-0.2, 0) is 18.4 Å². The Kier molecular flexibility index (Phi) is 7.64. The lowest BCUT2D eigenvalue weighted by Gasteiger charge is -2.29. The lowest BCUT2D eigenvalue weighted by atomic mass is 9.83. The van der Waals surface area contributed by atoms with Crippen LogP contribution in [0.25, 0.3) is 11.3 Å². The van der Waals surface area contributed by atoms with Crippen molar-refractivity contribution in [1.82, 2.24) is 25.7 Å². The Labute approximate surface area is 204 Å². The standard InChI is InChI=1S/C26H31N5O4/c1-27-26(34)23(18-8-4-3-5-9-18)30-25(33)22-12-11-21(35-22)19-10-6-7-17(13-19)14-28-24(32)20-15-29-31(2)16-20/h6-7,10-13,15-16,18,23H,3-5,8-9,14H2,1-2H3,(H,27,34)(H,28,32)(H,30,33). The fourth-order valence-corrected chi connectivity index (χ4v) is 4.51. The maximum absolute atomic E-state index is 12.9. The van der Waals surface area contributed by atoms with Gasteiger partial charge in [0, 0.05) is 32.4 Å². The number of nitrogens with zero attached hydrogens (tertiary/aromatic N) is 2. The average molecular weight is 478 g/mol. The van der Waals surface area contributed by atoms with E-state index in [0.29, 0.717) is 17.9 Å². The van der Waals surface area contributed by atoms with Gasteiger partial charge in [0.15, 0.2) is 5.76 Å². The zero-order valence-electron chi connectivity index (χ0n) is 20.0. The molecule has 1 unspecified atom stereocenters. The maximum atomic E-state index is 12.9. The van der Waals surface area contributed by atoms with Crippen LogP contribution < -0.4 is 16.0 Å². The first-order chi connectivity index (χ1) is 16.9. The molecule has 9 nitrogen and oxygen atoms in total. The van der Waals surface area contributed by atoms with Gasteiger partial charge >= 0.3 is 0 Å². The number of carbonyl (C=O) groups is 3. The quantitative estimate of drug-likeness (QED) is 0.461. The molecule has 0 bridgehead atoms. The van der Waals surface area contributed by atoms with Crippen LogP contribution in [0.4, 0.5) is 0 Å². The number of rotatable bonds is 8. The van der Waals surface area contributed by atoms with Crippen LogP contribution in [0.5, 0.6) is 0 Å². The molecule has 0 aliphatic heterocycles. The van der Waals surface area contributed by atoms with Crippen molar-refractivity contribution < 1.29 is 18.8 Å². The lowest BCUT2D eigenvalue weighted by Crippen LogP contribution is -2.50. The Bertz CT molecular complexity index is 1190. The van der Waals surface area contributed by atoms with Crippen molar-refractivity contribution in [3.63, 3.8) is 0 Å². The molecule has 0 spiro atoms. The summed E-state index contributed by atoms with van der Waals surface area (Å²) in [6.45, 7) is 0.338. The Morgan fingerprint density at radius 1 is 1.11 bits per heavy atom. The highest BCUT2D eigenvalue weighted by atomic mass is 16.4. The number of furan rings is 1. The third-order valence-electron chi connectivity index (χ3n) is 6.40. The molecule has 1 fully saturated rings. The number of benzene rings is 1. The Balaban J connectivity index is 1.41. The molecule has 2 aromatic heterocycles. The van der Waals surface area contributed by atoms with Gasteiger partial charge in [0.2, 0.25) is 5.91 Å². The van der Waals surface area contributed by atoms with Crippen LogP contribution in [0.15, 0.2) is 53.2 Å². The minimum atomic E-state index is -0.576. The summed E-state index contributed by atoms with van der Waals surface area (Å²) in [6, 6.07) is 10.3. The molecule has 1 aliphatic carbocycles. The highest BCUT2D eigenvalue weighted by Gasteiger charge is 2.31. The fraction of sp³-hybridized carbons (Fsp3) is 0.385. The summed E-state index contributed by atoms with van der Waals surface area (Å²) in [6.07, 6.45) is 8.32. The molecule has 1 aliphatic rings. The Morgan fingerprint density at radius 2 is 1.91 bits per heavy atom. The summed E-state index contributed by atoms with van der Waals surface area (Å²) in [7, 11) is 3.34. The molecule has 0 radical (unpaired) electrons. The van der Waals surface area contributed by atoms with Crippen LogP contribution in [0.1, 0.15) is 58.6 Å². The summed E-state index contributed by atoms with van der Waals surface area (Å²) in [5, 5.41) is 12.4. The summed E-state index contributed by atoms with van der Waals surface area (Å²) in [5.41, 5.74) is 2.17. The van der Waals surface area contributed by atoms with Gasteiger partial charge in [-0.2, -0.15) is 5.10 Å². The van der Waals surface area contributed by atoms with Crippen molar-refractivity contribution in [2.75, 3.05) is 7.05 Å². The van der Waals surface area contributed by atoms with E-state index in [0.717, 1.165) is 36.8 Å². The van der Waals surface area contributed by atoms with Gasteiger partial charge in [0.1, 0.15) is 11.8 Å². The van der Waals surface area contributed by atoms with Crippen LogP contribution in [0.3, 0.4) is 0 Å². The number of hydrogen-bond donors (Lipinski definition) is 3. The number of carbonyl (C=O) groups excluding carboxylic acids is 3. The third kappa shape index (κ3) is 5.98. The highest BCUT2D eigenvalue weighted by Crippen LogP contribution is 2.28. The second kappa shape index (κ2) is 11.0. The summed E-state index contributed by atoms with van der Waals surface area (Å²) in [4.78, 5) is 37.6. The average Bonchev–Trinajstić information content (AvgIpc) is 3.56. The molecule has 184 valence electrons. The first-order valence-corrected chi connectivity index (χ1v) is 11.9. The zero-order chi connectivity index (χ0) is 24.8. The molecule has 2 heterocycles. The van der Waals surface area contributed by atoms with Gasteiger partial charge in [0.25, 0.3) is 11.8 Å². The molecule has 0 saturated heterocycles. The summed E-state index contributed by atoms with van der Waals surface area (Å²) in [5.74, 6) is 0.0165. The minimum Gasteiger partial charge on any atom is -0.451 e. The minimum absolute atomic E-state index is 0.126. The van der Waals surface area contributed by atoms with E-state index >= 15 is 0 Å². The number of amides is 3. The van der Waals surface area contributed by atoms with Crippen molar-refractivity contribution >= 4 is 17.7 Å². The number of aromatic nitrogens is 2. The number of likely N-dealkylation sites (N-methyl/N-ethyl adjacent to an activating group) is 1. The molecule has 3 amide bonds. The number of hydrogen-bond acceptors (Lipinski definition) is 5. The Morgan fingerprint density at radius 3 is 2.63 bits per heavy atom. The third-order valence-corrected chi connectivity index (χ3v) is 6.40. The van der Waals surface area contributed by atoms with Gasteiger partial charge in [-0.05, 0) is 42.5 Å². The van der Waals surface area contributed by atoms with E-state index in [4.69, 9.17) is 4.42 Å². The van der Waals surface area contributed by atoms with E-state index in [-0.39, 0.29) is 23.5 Å². The lowest BCUT2D eigenvalue weighted by molar-refractivity contribution is -0.124. The van der Waals surface area contributed by atoms with Gasteiger partial charge in [-0.15, -0.1) is 0 Å². The van der Waals surface area contributed by atoms with E-state index in [2.05, 4.69) is 21.0 Å². The van der Waals surface area contributed by atoms with Gasteiger partial charge in [-0.1, -0.05) is 37.5 Å². The van der Waals surface area contributed by atoms with Crippen molar-refractivity contribution in [2.24, 2.45) is 13.0 Å². The van der Waals surface area contributed by atoms with Crippen LogP contribution in [-0.4, -0.2) is 40.6 Å². The molecular formula is C26H31N5O4. The SMILES string of the molecule is CNC(=O)C(NC(=O)c1ccc(-c2cccc(CNC(=O)c3cnn(C)c3)c2)o1)C1CCCCC1. The molecule has 1 aromatic carbocycles. The highest BCUT2D eigenvalue weighted by molar-refractivity contribution is 5.96. The second-order valence-corrected chi connectivity index (χ2v) is 8.91. The van der Waals surface area contributed by atoms with Crippen molar-refractivity contribution in [1.29, 1.82) is 0 Å². The van der Waals surface area contributed by atoms with E-state index in [9.17, 15) is 14.4 Å². The van der Waals surface area contributed by atoms with Crippen LogP contribution in [0.2, 0.25) is 0 Å². The largest absolute Gasteiger partial charge is 0.451 e. The molecular weight excluding hydrogens is 446 g/mol. The maximum Gasteiger partial charge on any atom is 0.287 e. The second-order valence-electron chi connectivity index (χ2n) is 8.91. The number of nitrogens with one attached hydrogen (secondary N) is 3. The normalized spacial score (nSPS) is 14.8. The van der Waals surface area contributed by atoms with Gasteiger partial charge < -0.3 is 20.4 Å². The fourth-order valence-electron chi connectivity index (χ4n) is 4.51. The number of aryl methyl sites for hydroxylation is 1. The van der Waals surface area contributed by atoms with E-state index in [1.54, 1.807) is 37.1 Å². The predicted octanol–water partition coefficient (Wildman–Crippen LogP) is 3.03. The monoisotopic (exact) mass is 477 g/mol. The Hall–Kier alpha value is -3.88. The molecule has 4 rings (SSSR count). The topological polar surface area (TPSA) is 118 Å². The molecule has 3 N–H and O–H groups in total. The van der Waals surface area contributed by atoms with Gasteiger partial charge in [-0.25, -0.2) is 0 Å². The van der Waals surface area contributed by atoms with E-state index < -0.39 is 11.9 Å². The predicted molar refractivity (Wildman–Crippen MR) is 130 cm³/mol. The molecule has 9 heteroatoms. The van der Waals surface area contributed by atoms with E-state index in [1.807, 2.05) is 24.3 Å². The summed E-state index contributed by atoms with van der Waals surface area (Å²) < 4.78 is 7.42. The molecule has 3 aromatic rings. The van der Waals surface area contributed by atoms with Crippen molar-refractivity contribution in [2.45, 2.75) is 44.7 Å². The van der Waals surface area contributed by atoms with Crippen molar-refractivity contribution in [3.05, 3.63) is 65.7 Å².